The van der Waals surface area contributed by atoms with Gasteiger partial charge in [0.2, 0.25) is 12.5 Å². The van der Waals surface area contributed by atoms with E-state index in [1.54, 1.807) is 35.2 Å². The molecule has 0 atom stereocenters. The summed E-state index contributed by atoms with van der Waals surface area (Å²) in [5.41, 5.74) is 3.19. The summed E-state index contributed by atoms with van der Waals surface area (Å²) in [6.07, 6.45) is 1.73. The molecule has 7 nitrogen and oxygen atoms in total. The molecule has 2 aromatic carbocycles. The Bertz CT molecular complexity index is 1010. The van der Waals surface area contributed by atoms with Gasteiger partial charge in [0.25, 0.3) is 0 Å². The molecule has 0 bridgehead atoms. The normalized spacial score (nSPS) is 16.3. The molecule has 0 saturated heterocycles. The number of ketones is 1. The van der Waals surface area contributed by atoms with Gasteiger partial charge in [-0.05, 0) is 36.8 Å². The van der Waals surface area contributed by atoms with Gasteiger partial charge >= 0.3 is 5.97 Å². The Morgan fingerprint density at radius 1 is 1.29 bits per heavy atom. The van der Waals surface area contributed by atoms with Gasteiger partial charge in [-0.15, -0.1) is 0 Å². The van der Waals surface area contributed by atoms with E-state index in [0.717, 1.165) is 5.56 Å². The van der Waals surface area contributed by atoms with Crippen LogP contribution in [0.2, 0.25) is 0 Å². The highest BCUT2D eigenvalue weighted by Gasteiger charge is 2.30. The zero-order valence-corrected chi connectivity index (χ0v) is 15.5. The van der Waals surface area contributed by atoms with Crippen LogP contribution in [0.5, 0.6) is 17.2 Å². The third-order valence-corrected chi connectivity index (χ3v) is 4.84. The fourth-order valence-corrected chi connectivity index (χ4v) is 3.67. The highest BCUT2D eigenvalue weighted by molar-refractivity contribution is 6.17. The third-order valence-electron chi connectivity index (χ3n) is 4.84. The molecule has 7 heteroatoms. The number of benzene rings is 2. The van der Waals surface area contributed by atoms with Gasteiger partial charge in [-0.1, -0.05) is 12.1 Å². The molecule has 144 valence electrons. The number of rotatable bonds is 4. The lowest BCUT2D eigenvalue weighted by molar-refractivity contribution is -0.135. The van der Waals surface area contributed by atoms with E-state index >= 15 is 0 Å². The molecule has 0 unspecified atom stereocenters. The fourth-order valence-electron chi connectivity index (χ4n) is 3.67. The second kappa shape index (κ2) is 6.92. The van der Waals surface area contributed by atoms with Gasteiger partial charge in [0.1, 0.15) is 6.54 Å². The Kier molecular flexibility index (Phi) is 4.43. The molecule has 0 spiro atoms. The van der Waals surface area contributed by atoms with Crippen molar-refractivity contribution in [1.29, 1.82) is 0 Å². The summed E-state index contributed by atoms with van der Waals surface area (Å²) in [7, 11) is 1.53. The summed E-state index contributed by atoms with van der Waals surface area (Å²) >= 11 is 0. The van der Waals surface area contributed by atoms with Crippen molar-refractivity contribution in [2.75, 3.05) is 31.9 Å². The van der Waals surface area contributed by atoms with Crippen molar-refractivity contribution in [2.45, 2.75) is 6.92 Å². The van der Waals surface area contributed by atoms with Crippen LogP contribution < -0.4 is 19.1 Å². The predicted molar refractivity (Wildman–Crippen MR) is 102 cm³/mol. The summed E-state index contributed by atoms with van der Waals surface area (Å²) < 4.78 is 16.3. The number of hydrogen-bond acceptors (Lipinski definition) is 6. The van der Waals surface area contributed by atoms with Crippen molar-refractivity contribution < 1.29 is 28.9 Å². The van der Waals surface area contributed by atoms with E-state index in [0.29, 0.717) is 39.6 Å². The first-order valence-corrected chi connectivity index (χ1v) is 8.78. The van der Waals surface area contributed by atoms with Gasteiger partial charge in [0.15, 0.2) is 17.3 Å². The largest absolute Gasteiger partial charge is 0.492 e. The third kappa shape index (κ3) is 2.94. The van der Waals surface area contributed by atoms with Crippen molar-refractivity contribution in [1.82, 2.24) is 0 Å². The number of aryl methyl sites for hydroxylation is 1. The number of aliphatic carboxylic acids is 1. The Morgan fingerprint density at radius 3 is 2.86 bits per heavy atom. The number of anilines is 1. The molecule has 2 aliphatic rings. The predicted octanol–water partition coefficient (Wildman–Crippen LogP) is 2.90. The number of ether oxygens (including phenoxy) is 3. The number of carbonyl (C=O) groups excluding carboxylic acids is 1. The standard InChI is InChI=1S/C21H19NO6/c1-12-4-3-5-15-18(12)22(10-17(23)24)9-14(19(15)25)8-13-6-7-16-21(20(13)26-2)28-11-27-16/h3-8H,9-11H2,1-2H3,(H,23,24)/b14-8+. The minimum absolute atomic E-state index is 0.115. The van der Waals surface area contributed by atoms with Crippen LogP contribution in [0.25, 0.3) is 6.08 Å². The molecule has 0 saturated carbocycles. The van der Waals surface area contributed by atoms with E-state index in [-0.39, 0.29) is 25.7 Å². The Labute approximate surface area is 161 Å². The number of nitrogens with zero attached hydrogens (tertiary/aromatic N) is 1. The molecule has 0 radical (unpaired) electrons. The van der Waals surface area contributed by atoms with Crippen LogP contribution >= 0.6 is 0 Å². The molecule has 0 aliphatic carbocycles. The zero-order chi connectivity index (χ0) is 19.8. The molecule has 0 fully saturated rings. The van der Waals surface area contributed by atoms with Gasteiger partial charge < -0.3 is 24.2 Å². The van der Waals surface area contributed by atoms with E-state index in [1.807, 2.05) is 13.0 Å². The number of hydrogen-bond donors (Lipinski definition) is 1. The number of carboxylic acids is 1. The molecular formula is C21H19NO6. The van der Waals surface area contributed by atoms with E-state index in [4.69, 9.17) is 14.2 Å². The minimum Gasteiger partial charge on any atom is -0.492 e. The summed E-state index contributed by atoms with van der Waals surface area (Å²) in [6, 6.07) is 8.95. The fraction of sp³-hybridized carbons (Fsp3) is 0.238. The quantitative estimate of drug-likeness (QED) is 0.815. The summed E-state index contributed by atoms with van der Waals surface area (Å²) in [4.78, 5) is 26.2. The molecule has 1 N–H and O–H groups in total. The maximum atomic E-state index is 13.1. The lowest BCUT2D eigenvalue weighted by atomic mass is 9.92. The van der Waals surface area contributed by atoms with Crippen LogP contribution in [0.15, 0.2) is 35.9 Å². The smallest absolute Gasteiger partial charge is 0.323 e. The first-order chi connectivity index (χ1) is 13.5. The second-order valence-electron chi connectivity index (χ2n) is 6.64. The van der Waals surface area contributed by atoms with Gasteiger partial charge in [-0.2, -0.15) is 0 Å². The van der Waals surface area contributed by atoms with Crippen LogP contribution in [0.4, 0.5) is 5.69 Å². The molecular weight excluding hydrogens is 362 g/mol. The Balaban J connectivity index is 1.81. The molecule has 2 heterocycles. The van der Waals surface area contributed by atoms with Crippen LogP contribution in [-0.4, -0.2) is 43.9 Å². The van der Waals surface area contributed by atoms with Gasteiger partial charge in [0, 0.05) is 23.2 Å². The number of para-hydroxylation sites is 1. The maximum absolute atomic E-state index is 13.1. The SMILES string of the molecule is COc1c(/C=C2\CN(CC(=O)O)c3c(C)cccc3C2=O)ccc2c1OCO2. The van der Waals surface area contributed by atoms with Crippen molar-refractivity contribution in [2.24, 2.45) is 0 Å². The van der Waals surface area contributed by atoms with Crippen molar-refractivity contribution in [3.63, 3.8) is 0 Å². The van der Waals surface area contributed by atoms with E-state index in [1.165, 1.54) is 7.11 Å². The van der Waals surface area contributed by atoms with E-state index in [2.05, 4.69) is 0 Å². The second-order valence-corrected chi connectivity index (χ2v) is 6.64. The highest BCUT2D eigenvalue weighted by atomic mass is 16.7. The topological polar surface area (TPSA) is 85.3 Å². The molecule has 4 rings (SSSR count). The number of Topliss-reactive ketones (excluding diaryl/α,β-unsaturated/α-hetero) is 1. The van der Waals surface area contributed by atoms with Gasteiger partial charge in [-0.25, -0.2) is 0 Å². The van der Waals surface area contributed by atoms with Crippen molar-refractivity contribution in [3.05, 3.63) is 52.6 Å². The molecule has 2 aliphatic heterocycles. The Hall–Kier alpha value is -3.48. The van der Waals surface area contributed by atoms with Crippen LogP contribution in [0.1, 0.15) is 21.5 Å². The van der Waals surface area contributed by atoms with E-state index < -0.39 is 5.97 Å². The summed E-state index contributed by atoms with van der Waals surface area (Å²) in [5, 5.41) is 9.32. The Morgan fingerprint density at radius 2 is 2.11 bits per heavy atom. The van der Waals surface area contributed by atoms with Crippen LogP contribution in [0, 0.1) is 6.92 Å². The lowest BCUT2D eigenvalue weighted by Crippen LogP contribution is -2.38. The summed E-state index contributed by atoms with van der Waals surface area (Å²) in [5.74, 6) is 0.486. The van der Waals surface area contributed by atoms with Crippen LogP contribution in [0.3, 0.4) is 0 Å². The summed E-state index contributed by atoms with van der Waals surface area (Å²) in [6.45, 7) is 1.99. The highest BCUT2D eigenvalue weighted by Crippen LogP contribution is 2.44. The molecule has 0 amide bonds. The number of fused-ring (bicyclic) bond motifs is 2. The lowest BCUT2D eigenvalue weighted by Gasteiger charge is -2.32. The first-order valence-electron chi connectivity index (χ1n) is 8.78. The number of methoxy groups -OCH3 is 1. The van der Waals surface area contributed by atoms with Crippen molar-refractivity contribution >= 4 is 23.5 Å². The van der Waals surface area contributed by atoms with Gasteiger partial charge in [-0.3, -0.25) is 9.59 Å². The van der Waals surface area contributed by atoms with Gasteiger partial charge in [0.05, 0.1) is 12.8 Å². The average Bonchev–Trinajstić information content (AvgIpc) is 3.13. The van der Waals surface area contributed by atoms with Crippen LogP contribution in [-0.2, 0) is 4.79 Å². The molecule has 2 aromatic rings. The maximum Gasteiger partial charge on any atom is 0.323 e. The average molecular weight is 381 g/mol. The van der Waals surface area contributed by atoms with E-state index in [9.17, 15) is 14.7 Å². The first kappa shape index (κ1) is 17.9. The number of carbonyl (C=O) groups is 2. The number of carboxylic acid groups (broad SMARTS) is 1. The molecule has 28 heavy (non-hydrogen) atoms. The van der Waals surface area contributed by atoms with Crippen molar-refractivity contribution in [3.8, 4) is 17.2 Å². The molecule has 0 aromatic heterocycles. The monoisotopic (exact) mass is 381 g/mol. The minimum atomic E-state index is -0.955. The zero-order valence-electron chi connectivity index (χ0n) is 15.5.